The maximum absolute atomic E-state index is 13.2. The fourth-order valence-corrected chi connectivity index (χ4v) is 3.07. The van der Waals surface area contributed by atoms with Crippen LogP contribution in [0.2, 0.25) is 0 Å². The first-order chi connectivity index (χ1) is 10.2. The minimum atomic E-state index is -0.307. The number of amides is 1. The standard InChI is InChI=1S/C16H20FNO3/c17-13-5-3-4-12(10-13)11-15(19)18-7-2-1-6-14(18)16-20-8-9-21-16/h3-5,10,14,16H,1-2,6-9,11H2/t14-/m0/s1. The van der Waals surface area contributed by atoms with Gasteiger partial charge in [0.2, 0.25) is 5.91 Å². The molecule has 1 aromatic carbocycles. The molecule has 21 heavy (non-hydrogen) atoms. The van der Waals surface area contributed by atoms with Gasteiger partial charge in [0, 0.05) is 6.54 Å². The number of benzene rings is 1. The van der Waals surface area contributed by atoms with E-state index in [2.05, 4.69) is 0 Å². The van der Waals surface area contributed by atoms with E-state index in [-0.39, 0.29) is 30.5 Å². The van der Waals surface area contributed by atoms with E-state index in [1.165, 1.54) is 12.1 Å². The summed E-state index contributed by atoms with van der Waals surface area (Å²) in [6.07, 6.45) is 2.90. The van der Waals surface area contributed by atoms with Crippen LogP contribution in [0.3, 0.4) is 0 Å². The van der Waals surface area contributed by atoms with Crippen molar-refractivity contribution in [2.24, 2.45) is 0 Å². The number of piperidine rings is 1. The molecule has 0 aliphatic carbocycles. The summed E-state index contributed by atoms with van der Waals surface area (Å²) >= 11 is 0. The molecular weight excluding hydrogens is 273 g/mol. The monoisotopic (exact) mass is 293 g/mol. The lowest BCUT2D eigenvalue weighted by Gasteiger charge is -2.38. The molecule has 2 aliphatic rings. The summed E-state index contributed by atoms with van der Waals surface area (Å²) in [7, 11) is 0. The van der Waals surface area contributed by atoms with Gasteiger partial charge in [0.1, 0.15) is 5.82 Å². The molecule has 0 aromatic heterocycles. The van der Waals surface area contributed by atoms with Crippen molar-refractivity contribution >= 4 is 5.91 Å². The van der Waals surface area contributed by atoms with Gasteiger partial charge in [0.05, 0.1) is 25.7 Å². The summed E-state index contributed by atoms with van der Waals surface area (Å²) in [6, 6.07) is 6.21. The van der Waals surface area contributed by atoms with Crippen LogP contribution in [0.15, 0.2) is 24.3 Å². The molecule has 0 N–H and O–H groups in total. The molecule has 0 saturated carbocycles. The first-order valence-corrected chi connectivity index (χ1v) is 7.51. The highest BCUT2D eigenvalue weighted by molar-refractivity contribution is 5.79. The second kappa shape index (κ2) is 6.54. The second-order valence-corrected chi connectivity index (χ2v) is 5.57. The Morgan fingerprint density at radius 1 is 1.29 bits per heavy atom. The molecule has 0 radical (unpaired) electrons. The number of carbonyl (C=O) groups is 1. The minimum Gasteiger partial charge on any atom is -0.348 e. The van der Waals surface area contributed by atoms with Gasteiger partial charge in [0.25, 0.3) is 0 Å². The van der Waals surface area contributed by atoms with Crippen LogP contribution in [0.4, 0.5) is 4.39 Å². The Morgan fingerprint density at radius 2 is 2.10 bits per heavy atom. The molecule has 1 amide bonds. The summed E-state index contributed by atoms with van der Waals surface area (Å²) < 4.78 is 24.3. The minimum absolute atomic E-state index is 0.0118. The predicted octanol–water partition coefficient (Wildman–Crippen LogP) is 2.12. The number of rotatable bonds is 3. The first-order valence-electron chi connectivity index (χ1n) is 7.51. The number of ether oxygens (including phenoxy) is 2. The number of nitrogens with zero attached hydrogens (tertiary/aromatic N) is 1. The van der Waals surface area contributed by atoms with Gasteiger partial charge < -0.3 is 14.4 Å². The lowest BCUT2D eigenvalue weighted by Crippen LogP contribution is -2.50. The fourth-order valence-electron chi connectivity index (χ4n) is 3.07. The highest BCUT2D eigenvalue weighted by Gasteiger charge is 2.35. The quantitative estimate of drug-likeness (QED) is 0.857. The van der Waals surface area contributed by atoms with Crippen molar-refractivity contribution in [1.29, 1.82) is 0 Å². The molecule has 3 rings (SSSR count). The average Bonchev–Trinajstić information content (AvgIpc) is 3.01. The zero-order valence-electron chi connectivity index (χ0n) is 12.0. The molecule has 0 spiro atoms. The van der Waals surface area contributed by atoms with Gasteiger partial charge in [-0.3, -0.25) is 4.79 Å². The van der Waals surface area contributed by atoms with Crippen molar-refractivity contribution < 1.29 is 18.7 Å². The van der Waals surface area contributed by atoms with Crippen molar-refractivity contribution in [3.05, 3.63) is 35.6 Å². The van der Waals surface area contributed by atoms with Gasteiger partial charge in [-0.25, -0.2) is 4.39 Å². The Balaban J connectivity index is 1.68. The summed E-state index contributed by atoms with van der Waals surface area (Å²) in [5.41, 5.74) is 0.706. The first kappa shape index (κ1) is 14.5. The molecule has 2 aliphatic heterocycles. The Labute approximate surface area is 123 Å². The molecule has 2 fully saturated rings. The lowest BCUT2D eigenvalue weighted by molar-refractivity contribution is -0.149. The highest BCUT2D eigenvalue weighted by atomic mass is 19.1. The van der Waals surface area contributed by atoms with Gasteiger partial charge in [-0.1, -0.05) is 12.1 Å². The molecule has 2 saturated heterocycles. The van der Waals surface area contributed by atoms with Crippen molar-refractivity contribution in [1.82, 2.24) is 4.90 Å². The predicted molar refractivity (Wildman–Crippen MR) is 75.1 cm³/mol. The van der Waals surface area contributed by atoms with E-state index in [1.807, 2.05) is 4.90 Å². The Kier molecular flexibility index (Phi) is 4.51. The Hall–Kier alpha value is -1.46. The normalized spacial score (nSPS) is 23.5. The molecule has 1 aromatic rings. The number of hydrogen-bond donors (Lipinski definition) is 0. The van der Waals surface area contributed by atoms with Gasteiger partial charge >= 0.3 is 0 Å². The van der Waals surface area contributed by atoms with Crippen molar-refractivity contribution in [2.45, 2.75) is 38.0 Å². The van der Waals surface area contributed by atoms with E-state index in [1.54, 1.807) is 12.1 Å². The molecule has 4 nitrogen and oxygen atoms in total. The largest absolute Gasteiger partial charge is 0.348 e. The van der Waals surface area contributed by atoms with Crippen molar-refractivity contribution in [2.75, 3.05) is 19.8 Å². The smallest absolute Gasteiger partial charge is 0.227 e. The summed E-state index contributed by atoms with van der Waals surface area (Å²) in [6.45, 7) is 1.90. The van der Waals surface area contributed by atoms with Gasteiger partial charge in [-0.15, -0.1) is 0 Å². The second-order valence-electron chi connectivity index (χ2n) is 5.57. The van der Waals surface area contributed by atoms with E-state index in [0.29, 0.717) is 18.8 Å². The summed E-state index contributed by atoms with van der Waals surface area (Å²) in [5.74, 6) is -0.289. The van der Waals surface area contributed by atoms with E-state index in [9.17, 15) is 9.18 Å². The third kappa shape index (κ3) is 3.41. The van der Waals surface area contributed by atoms with Crippen molar-refractivity contribution in [3.8, 4) is 0 Å². The Morgan fingerprint density at radius 3 is 2.86 bits per heavy atom. The van der Waals surface area contributed by atoms with Crippen LogP contribution in [-0.2, 0) is 20.7 Å². The van der Waals surface area contributed by atoms with E-state index in [4.69, 9.17) is 9.47 Å². The molecule has 114 valence electrons. The third-order valence-corrected chi connectivity index (χ3v) is 4.08. The topological polar surface area (TPSA) is 38.8 Å². The van der Waals surface area contributed by atoms with Crippen LogP contribution in [0.1, 0.15) is 24.8 Å². The van der Waals surface area contributed by atoms with Crippen LogP contribution in [-0.4, -0.2) is 42.9 Å². The maximum atomic E-state index is 13.2. The van der Waals surface area contributed by atoms with Crippen LogP contribution in [0.5, 0.6) is 0 Å². The number of halogens is 1. The highest BCUT2D eigenvalue weighted by Crippen LogP contribution is 2.25. The third-order valence-electron chi connectivity index (χ3n) is 4.08. The summed E-state index contributed by atoms with van der Waals surface area (Å²) in [5, 5.41) is 0. The summed E-state index contributed by atoms with van der Waals surface area (Å²) in [4.78, 5) is 14.4. The number of carbonyl (C=O) groups excluding carboxylic acids is 1. The average molecular weight is 293 g/mol. The zero-order chi connectivity index (χ0) is 14.7. The van der Waals surface area contributed by atoms with E-state index < -0.39 is 0 Å². The van der Waals surface area contributed by atoms with E-state index >= 15 is 0 Å². The molecular formula is C16H20FNO3. The number of hydrogen-bond acceptors (Lipinski definition) is 3. The number of likely N-dealkylation sites (tertiary alicyclic amines) is 1. The maximum Gasteiger partial charge on any atom is 0.227 e. The SMILES string of the molecule is O=C(Cc1cccc(F)c1)N1CCCC[C@H]1C1OCCO1. The molecule has 5 heteroatoms. The van der Waals surface area contributed by atoms with Crippen LogP contribution >= 0.6 is 0 Å². The van der Waals surface area contributed by atoms with Gasteiger partial charge in [-0.05, 0) is 37.0 Å². The molecule has 2 heterocycles. The molecule has 1 atom stereocenters. The molecule has 0 bridgehead atoms. The fraction of sp³-hybridized carbons (Fsp3) is 0.562. The van der Waals surface area contributed by atoms with Crippen LogP contribution in [0.25, 0.3) is 0 Å². The molecule has 0 unspecified atom stereocenters. The van der Waals surface area contributed by atoms with Crippen LogP contribution < -0.4 is 0 Å². The van der Waals surface area contributed by atoms with Crippen LogP contribution in [0, 0.1) is 5.82 Å². The Bertz CT molecular complexity index is 502. The lowest BCUT2D eigenvalue weighted by atomic mass is 10.00. The van der Waals surface area contributed by atoms with Gasteiger partial charge in [-0.2, -0.15) is 0 Å². The van der Waals surface area contributed by atoms with Gasteiger partial charge in [0.15, 0.2) is 6.29 Å². The zero-order valence-corrected chi connectivity index (χ0v) is 12.0. The van der Waals surface area contributed by atoms with E-state index in [0.717, 1.165) is 25.8 Å². The van der Waals surface area contributed by atoms with Crippen molar-refractivity contribution in [3.63, 3.8) is 0 Å².